The van der Waals surface area contributed by atoms with Gasteiger partial charge in [0.25, 0.3) is 0 Å². The van der Waals surface area contributed by atoms with Crippen LogP contribution in [0.15, 0.2) is 48.5 Å². The number of halogens is 1. The van der Waals surface area contributed by atoms with E-state index >= 15 is 0 Å². The molecule has 0 saturated carbocycles. The van der Waals surface area contributed by atoms with E-state index in [2.05, 4.69) is 17.6 Å². The quantitative estimate of drug-likeness (QED) is 0.807. The molecule has 3 nitrogen and oxygen atoms in total. The lowest BCUT2D eigenvalue weighted by molar-refractivity contribution is 0.414. The van der Waals surface area contributed by atoms with Crippen LogP contribution >= 0.6 is 12.2 Å². The van der Waals surface area contributed by atoms with Crippen molar-refractivity contribution in [3.05, 3.63) is 59.9 Å². The average Bonchev–Trinajstić information content (AvgIpc) is 2.55. The average molecular weight is 318 g/mol. The monoisotopic (exact) mass is 318 g/mol. The largest absolute Gasteiger partial charge is 0.497 e. The van der Waals surface area contributed by atoms with Crippen LogP contribution in [-0.2, 0) is 0 Å². The Balaban J connectivity index is 1.99. The highest BCUT2D eigenvalue weighted by Crippen LogP contribution is 2.20. The number of rotatable bonds is 5. The Morgan fingerprint density at radius 2 is 1.77 bits per heavy atom. The number of thiocarbonyl (C=S) groups is 1. The van der Waals surface area contributed by atoms with Gasteiger partial charge in [-0.15, -0.1) is 0 Å². The molecule has 116 valence electrons. The Bertz CT molecular complexity index is 614. The molecule has 0 aliphatic heterocycles. The van der Waals surface area contributed by atoms with Crippen molar-refractivity contribution in [2.24, 2.45) is 0 Å². The Morgan fingerprint density at radius 1 is 1.14 bits per heavy atom. The molecule has 0 saturated heterocycles. The number of nitrogens with one attached hydrogen (secondary N) is 2. The standard InChI is InChI=1S/C17H19FN2OS/c1-3-16(12-4-10-15(21-2)11-5-12)20-17(22)19-14-8-6-13(18)7-9-14/h4-11,16H,3H2,1-2H3,(H2,19,20,22). The minimum absolute atomic E-state index is 0.103. The van der Waals surface area contributed by atoms with Crippen LogP contribution in [0.5, 0.6) is 5.75 Å². The van der Waals surface area contributed by atoms with Gasteiger partial charge in [-0.05, 0) is 60.6 Å². The SMILES string of the molecule is CCC(NC(=S)Nc1ccc(F)cc1)c1ccc(OC)cc1. The van der Waals surface area contributed by atoms with E-state index in [1.807, 2.05) is 24.3 Å². The van der Waals surface area contributed by atoms with E-state index < -0.39 is 0 Å². The molecule has 0 radical (unpaired) electrons. The van der Waals surface area contributed by atoms with Crippen molar-refractivity contribution in [3.63, 3.8) is 0 Å². The lowest BCUT2D eigenvalue weighted by Crippen LogP contribution is -2.32. The Hall–Kier alpha value is -2.14. The van der Waals surface area contributed by atoms with E-state index in [1.54, 1.807) is 19.2 Å². The van der Waals surface area contributed by atoms with Gasteiger partial charge >= 0.3 is 0 Å². The van der Waals surface area contributed by atoms with Gasteiger partial charge in [-0.1, -0.05) is 19.1 Å². The summed E-state index contributed by atoms with van der Waals surface area (Å²) >= 11 is 5.32. The third kappa shape index (κ3) is 4.43. The van der Waals surface area contributed by atoms with Crippen LogP contribution in [0.25, 0.3) is 0 Å². The molecule has 22 heavy (non-hydrogen) atoms. The van der Waals surface area contributed by atoms with Crippen LogP contribution in [-0.4, -0.2) is 12.2 Å². The van der Waals surface area contributed by atoms with Crippen molar-refractivity contribution in [3.8, 4) is 5.75 Å². The minimum atomic E-state index is -0.269. The van der Waals surface area contributed by atoms with Crippen molar-refractivity contribution in [1.82, 2.24) is 5.32 Å². The van der Waals surface area contributed by atoms with E-state index in [9.17, 15) is 4.39 Å². The van der Waals surface area contributed by atoms with Gasteiger partial charge in [0.05, 0.1) is 13.2 Å². The summed E-state index contributed by atoms with van der Waals surface area (Å²) in [4.78, 5) is 0. The molecule has 1 unspecified atom stereocenters. The number of benzene rings is 2. The molecule has 2 aromatic carbocycles. The zero-order valence-electron chi connectivity index (χ0n) is 12.6. The van der Waals surface area contributed by atoms with Gasteiger partial charge < -0.3 is 15.4 Å². The third-order valence-electron chi connectivity index (χ3n) is 3.33. The molecule has 0 aliphatic rings. The number of hydrogen-bond donors (Lipinski definition) is 2. The van der Waals surface area contributed by atoms with Gasteiger partial charge in [0, 0.05) is 5.69 Å². The van der Waals surface area contributed by atoms with Crippen LogP contribution in [0.2, 0.25) is 0 Å². The topological polar surface area (TPSA) is 33.3 Å². The zero-order chi connectivity index (χ0) is 15.9. The van der Waals surface area contributed by atoms with Crippen LogP contribution in [0, 0.1) is 5.82 Å². The second kappa shape index (κ2) is 7.75. The van der Waals surface area contributed by atoms with Crippen LogP contribution in [0.3, 0.4) is 0 Å². The smallest absolute Gasteiger partial charge is 0.171 e. The van der Waals surface area contributed by atoms with E-state index in [-0.39, 0.29) is 11.9 Å². The van der Waals surface area contributed by atoms with Crippen LogP contribution in [0.4, 0.5) is 10.1 Å². The molecular weight excluding hydrogens is 299 g/mol. The van der Waals surface area contributed by atoms with Crippen molar-refractivity contribution in [2.45, 2.75) is 19.4 Å². The van der Waals surface area contributed by atoms with Gasteiger partial charge in [0.2, 0.25) is 0 Å². The van der Waals surface area contributed by atoms with Crippen molar-refractivity contribution >= 4 is 23.0 Å². The Kier molecular flexibility index (Phi) is 5.72. The first-order valence-electron chi connectivity index (χ1n) is 7.09. The summed E-state index contributed by atoms with van der Waals surface area (Å²) < 4.78 is 18.0. The highest BCUT2D eigenvalue weighted by molar-refractivity contribution is 7.80. The Morgan fingerprint density at radius 3 is 2.32 bits per heavy atom. The van der Waals surface area contributed by atoms with E-state index in [1.165, 1.54) is 12.1 Å². The lowest BCUT2D eigenvalue weighted by Gasteiger charge is -2.20. The molecule has 5 heteroatoms. The molecule has 1 atom stereocenters. The number of ether oxygens (including phenoxy) is 1. The number of methoxy groups -OCH3 is 1. The van der Waals surface area contributed by atoms with Gasteiger partial charge in [-0.25, -0.2) is 4.39 Å². The summed E-state index contributed by atoms with van der Waals surface area (Å²) in [7, 11) is 1.65. The summed E-state index contributed by atoms with van der Waals surface area (Å²) in [6.45, 7) is 2.09. The second-order valence-corrected chi connectivity index (χ2v) is 5.25. The maximum Gasteiger partial charge on any atom is 0.171 e. The predicted molar refractivity (Wildman–Crippen MR) is 91.8 cm³/mol. The molecule has 0 heterocycles. The summed E-state index contributed by atoms with van der Waals surface area (Å²) in [5.41, 5.74) is 1.88. The second-order valence-electron chi connectivity index (χ2n) is 4.84. The van der Waals surface area contributed by atoms with Crippen LogP contribution in [0.1, 0.15) is 24.9 Å². The van der Waals surface area contributed by atoms with E-state index in [0.29, 0.717) is 5.11 Å². The first-order valence-corrected chi connectivity index (χ1v) is 7.50. The minimum Gasteiger partial charge on any atom is -0.497 e. The molecule has 0 fully saturated rings. The molecule has 2 N–H and O–H groups in total. The normalized spacial score (nSPS) is 11.6. The summed E-state index contributed by atoms with van der Waals surface area (Å²) in [6, 6.07) is 14.1. The van der Waals surface area contributed by atoms with E-state index in [4.69, 9.17) is 17.0 Å². The fraction of sp³-hybridized carbons (Fsp3) is 0.235. The lowest BCUT2D eigenvalue weighted by atomic mass is 10.0. The summed E-state index contributed by atoms with van der Waals surface area (Å²) in [6.07, 6.45) is 0.886. The fourth-order valence-corrected chi connectivity index (χ4v) is 2.38. The van der Waals surface area contributed by atoms with Gasteiger partial charge in [-0.3, -0.25) is 0 Å². The predicted octanol–water partition coefficient (Wildman–Crippen LogP) is 4.27. The zero-order valence-corrected chi connectivity index (χ0v) is 13.4. The fourth-order valence-electron chi connectivity index (χ4n) is 2.12. The maximum absolute atomic E-state index is 12.9. The van der Waals surface area contributed by atoms with Crippen LogP contribution < -0.4 is 15.4 Å². The molecule has 2 aromatic rings. The summed E-state index contributed by atoms with van der Waals surface area (Å²) in [5, 5.41) is 6.83. The van der Waals surface area contributed by atoms with Crippen molar-refractivity contribution in [1.29, 1.82) is 0 Å². The molecular formula is C17H19FN2OS. The highest BCUT2D eigenvalue weighted by Gasteiger charge is 2.11. The highest BCUT2D eigenvalue weighted by atomic mass is 32.1. The Labute approximate surface area is 135 Å². The van der Waals surface area contributed by atoms with Gasteiger partial charge in [0.1, 0.15) is 11.6 Å². The molecule has 2 rings (SSSR count). The third-order valence-corrected chi connectivity index (χ3v) is 3.55. The molecule has 0 bridgehead atoms. The van der Waals surface area contributed by atoms with Gasteiger partial charge in [-0.2, -0.15) is 0 Å². The number of anilines is 1. The molecule has 0 aliphatic carbocycles. The van der Waals surface area contributed by atoms with Crippen molar-refractivity contribution in [2.75, 3.05) is 12.4 Å². The summed E-state index contributed by atoms with van der Waals surface area (Å²) in [5.74, 6) is 0.555. The molecule has 0 amide bonds. The first kappa shape index (κ1) is 16.2. The van der Waals surface area contributed by atoms with Crippen molar-refractivity contribution < 1.29 is 9.13 Å². The molecule has 0 aromatic heterocycles. The number of hydrogen-bond acceptors (Lipinski definition) is 2. The maximum atomic E-state index is 12.9. The molecule has 0 spiro atoms. The van der Waals surface area contributed by atoms with E-state index in [0.717, 1.165) is 23.4 Å². The first-order chi connectivity index (χ1) is 10.6. The van der Waals surface area contributed by atoms with Gasteiger partial charge in [0.15, 0.2) is 5.11 Å².